The van der Waals surface area contributed by atoms with Gasteiger partial charge in [-0.3, -0.25) is 0 Å². The molecule has 1 unspecified atom stereocenters. The van der Waals surface area contributed by atoms with Crippen molar-refractivity contribution in [2.75, 3.05) is 0 Å². The van der Waals surface area contributed by atoms with E-state index in [0.29, 0.717) is 5.56 Å². The first-order valence-corrected chi connectivity index (χ1v) is 4.65. The van der Waals surface area contributed by atoms with Crippen LogP contribution in [-0.2, 0) is 4.74 Å². The zero-order chi connectivity index (χ0) is 10.9. The highest BCUT2D eigenvalue weighted by atomic mass is 16.6. The number of benzene rings is 1. The quantitative estimate of drug-likeness (QED) is 0.555. The Balaban J connectivity index is 2.12. The highest BCUT2D eigenvalue weighted by Gasteiger charge is 2.38. The average Bonchev–Trinajstić information content (AvgIpc) is 2.98. The predicted molar refractivity (Wildman–Crippen MR) is 58.0 cm³/mol. The van der Waals surface area contributed by atoms with Crippen LogP contribution in [0, 0.1) is 6.92 Å². The van der Waals surface area contributed by atoms with Crippen LogP contribution in [0.4, 0.5) is 0 Å². The van der Waals surface area contributed by atoms with Crippen molar-refractivity contribution in [3.63, 3.8) is 0 Å². The highest BCUT2D eigenvalue weighted by molar-refractivity contribution is 5.95. The van der Waals surface area contributed by atoms with Crippen LogP contribution in [0.3, 0.4) is 0 Å². The molecule has 0 fully saturated rings. The van der Waals surface area contributed by atoms with E-state index >= 15 is 0 Å². The molecule has 2 rings (SSSR count). The normalized spacial score (nSPS) is 22.2. The summed E-state index contributed by atoms with van der Waals surface area (Å²) >= 11 is 0. The van der Waals surface area contributed by atoms with Gasteiger partial charge < -0.3 is 4.74 Å². The maximum atomic E-state index is 11.7. The second kappa shape index (κ2) is 3.35. The minimum atomic E-state index is -0.874. The van der Waals surface area contributed by atoms with Crippen molar-refractivity contribution < 1.29 is 9.53 Å². The molecule has 0 N–H and O–H groups in total. The van der Waals surface area contributed by atoms with Crippen molar-refractivity contribution in [2.24, 2.45) is 4.99 Å². The molecular formula is C12H11NO2. The topological polar surface area (TPSA) is 38.7 Å². The number of carbonyl (C=O) groups is 1. The molecule has 1 atom stereocenters. The smallest absolute Gasteiger partial charge is 0.340 e. The lowest BCUT2D eigenvalue weighted by Gasteiger charge is -2.10. The van der Waals surface area contributed by atoms with Gasteiger partial charge in [-0.15, -0.1) is 0 Å². The number of rotatable bonds is 3. The third-order valence-corrected chi connectivity index (χ3v) is 2.19. The summed E-state index contributed by atoms with van der Waals surface area (Å²) in [5, 5.41) is 0. The van der Waals surface area contributed by atoms with Crippen molar-refractivity contribution in [3.8, 4) is 0 Å². The molecule has 0 aliphatic carbocycles. The number of hydrogen-bond acceptors (Lipinski definition) is 3. The Morgan fingerprint density at radius 2 is 2.33 bits per heavy atom. The van der Waals surface area contributed by atoms with Crippen LogP contribution >= 0.6 is 0 Å². The second-order valence-corrected chi connectivity index (χ2v) is 3.47. The second-order valence-electron chi connectivity index (χ2n) is 3.47. The molecule has 1 heterocycles. The van der Waals surface area contributed by atoms with E-state index in [1.54, 1.807) is 18.3 Å². The van der Waals surface area contributed by atoms with Gasteiger partial charge in [0.1, 0.15) is 0 Å². The molecule has 3 nitrogen and oxygen atoms in total. The van der Waals surface area contributed by atoms with Gasteiger partial charge in [0.25, 0.3) is 5.72 Å². The number of aryl methyl sites for hydroxylation is 1. The van der Waals surface area contributed by atoms with E-state index in [9.17, 15) is 4.79 Å². The van der Waals surface area contributed by atoms with Gasteiger partial charge in [-0.05, 0) is 25.1 Å². The van der Waals surface area contributed by atoms with Crippen LogP contribution in [0.2, 0.25) is 0 Å². The number of nitrogens with zero attached hydrogens (tertiary/aromatic N) is 1. The Morgan fingerprint density at radius 1 is 1.60 bits per heavy atom. The molecule has 0 amide bonds. The molecule has 1 aliphatic rings. The number of ether oxygens (including phenoxy) is 1. The lowest BCUT2D eigenvalue weighted by molar-refractivity contribution is 0.0372. The molecule has 0 bridgehead atoms. The third kappa shape index (κ3) is 1.96. The van der Waals surface area contributed by atoms with Crippen LogP contribution in [0.5, 0.6) is 0 Å². The van der Waals surface area contributed by atoms with E-state index in [-0.39, 0.29) is 5.97 Å². The Kier molecular flexibility index (Phi) is 2.15. The summed E-state index contributed by atoms with van der Waals surface area (Å²) in [4.78, 5) is 15.5. The number of carbonyl (C=O) groups excluding carboxylic acids is 1. The standard InChI is InChI=1S/C12H11NO2/c1-3-12(8-13-12)15-11(14)10-6-4-5-9(2)7-10/h3-8H,1H2,2H3. The van der Waals surface area contributed by atoms with E-state index < -0.39 is 5.72 Å². The summed E-state index contributed by atoms with van der Waals surface area (Å²) in [5.41, 5.74) is 0.682. The van der Waals surface area contributed by atoms with Crippen molar-refractivity contribution in [1.29, 1.82) is 0 Å². The number of hydrogen-bond donors (Lipinski definition) is 0. The summed E-state index contributed by atoms with van der Waals surface area (Å²) in [6, 6.07) is 7.24. The molecule has 3 heteroatoms. The van der Waals surface area contributed by atoms with E-state index in [1.165, 1.54) is 6.08 Å². The summed E-state index contributed by atoms with van der Waals surface area (Å²) in [6.45, 7) is 5.48. The van der Waals surface area contributed by atoms with Crippen molar-refractivity contribution in [3.05, 3.63) is 48.0 Å². The highest BCUT2D eigenvalue weighted by Crippen LogP contribution is 2.24. The molecular weight excluding hydrogens is 190 g/mol. The van der Waals surface area contributed by atoms with Crippen LogP contribution in [-0.4, -0.2) is 17.9 Å². The minimum Gasteiger partial charge on any atom is -0.424 e. The van der Waals surface area contributed by atoms with Crippen LogP contribution in [0.1, 0.15) is 15.9 Å². The van der Waals surface area contributed by atoms with Gasteiger partial charge in [0.15, 0.2) is 0 Å². The fourth-order valence-electron chi connectivity index (χ4n) is 1.24. The third-order valence-electron chi connectivity index (χ3n) is 2.19. The largest absolute Gasteiger partial charge is 0.424 e. The van der Waals surface area contributed by atoms with Gasteiger partial charge in [-0.25, -0.2) is 9.79 Å². The lowest BCUT2D eigenvalue weighted by Crippen LogP contribution is -2.20. The number of aliphatic imine (C=N–C) groups is 1. The minimum absolute atomic E-state index is 0.379. The zero-order valence-corrected chi connectivity index (χ0v) is 8.43. The van der Waals surface area contributed by atoms with Gasteiger partial charge in [-0.1, -0.05) is 24.3 Å². The molecule has 0 spiro atoms. The zero-order valence-electron chi connectivity index (χ0n) is 8.43. The predicted octanol–water partition coefficient (Wildman–Crippen LogP) is 2.12. The first kappa shape index (κ1) is 9.65. The summed E-state index contributed by atoms with van der Waals surface area (Å²) in [6.07, 6.45) is 3.05. The first-order valence-electron chi connectivity index (χ1n) is 4.65. The number of esters is 1. The Morgan fingerprint density at radius 3 is 2.87 bits per heavy atom. The van der Waals surface area contributed by atoms with Gasteiger partial charge in [0, 0.05) is 0 Å². The van der Waals surface area contributed by atoms with Crippen molar-refractivity contribution in [2.45, 2.75) is 12.6 Å². The maximum absolute atomic E-state index is 11.7. The fourth-order valence-corrected chi connectivity index (χ4v) is 1.24. The average molecular weight is 201 g/mol. The summed E-state index contributed by atoms with van der Waals surface area (Å²) < 4.78 is 5.16. The monoisotopic (exact) mass is 201 g/mol. The fraction of sp³-hybridized carbons (Fsp3) is 0.167. The summed E-state index contributed by atoms with van der Waals surface area (Å²) in [7, 11) is 0. The maximum Gasteiger partial charge on any atom is 0.340 e. The lowest BCUT2D eigenvalue weighted by atomic mass is 10.1. The van der Waals surface area contributed by atoms with E-state index in [1.807, 2.05) is 19.1 Å². The molecule has 0 aromatic heterocycles. The molecule has 0 saturated heterocycles. The molecule has 76 valence electrons. The summed E-state index contributed by atoms with van der Waals surface area (Å²) in [5.74, 6) is -0.379. The van der Waals surface area contributed by atoms with E-state index in [4.69, 9.17) is 4.74 Å². The molecule has 1 aliphatic heterocycles. The molecule has 0 saturated carbocycles. The van der Waals surface area contributed by atoms with E-state index in [0.717, 1.165) is 5.56 Å². The Labute approximate surface area is 88.1 Å². The van der Waals surface area contributed by atoms with Gasteiger partial charge in [0.2, 0.25) is 0 Å². The first-order chi connectivity index (χ1) is 7.15. The van der Waals surface area contributed by atoms with Crippen molar-refractivity contribution in [1.82, 2.24) is 0 Å². The van der Waals surface area contributed by atoms with Crippen LogP contribution in [0.25, 0.3) is 0 Å². The SMILES string of the molecule is C=CC1(OC(=O)c2cccc(C)c2)C=N1. The van der Waals surface area contributed by atoms with Crippen LogP contribution < -0.4 is 0 Å². The molecule has 1 aromatic carbocycles. The van der Waals surface area contributed by atoms with Gasteiger partial charge in [-0.2, -0.15) is 0 Å². The van der Waals surface area contributed by atoms with Gasteiger partial charge >= 0.3 is 5.97 Å². The molecule has 0 radical (unpaired) electrons. The molecule has 1 aromatic rings. The Bertz CT molecular complexity index is 443. The Hall–Kier alpha value is -1.90. The van der Waals surface area contributed by atoms with Gasteiger partial charge in [0.05, 0.1) is 11.8 Å². The van der Waals surface area contributed by atoms with Crippen LogP contribution in [0.15, 0.2) is 41.9 Å². The molecule has 15 heavy (non-hydrogen) atoms. The van der Waals surface area contributed by atoms with E-state index in [2.05, 4.69) is 11.6 Å². The van der Waals surface area contributed by atoms with Crippen molar-refractivity contribution >= 4 is 12.2 Å².